The summed E-state index contributed by atoms with van der Waals surface area (Å²) in [6, 6.07) is 19.3. The molecule has 1 heteroatoms. The molecule has 0 saturated heterocycles. The fourth-order valence-corrected chi connectivity index (χ4v) is 2.89. The van der Waals surface area contributed by atoms with Gasteiger partial charge in [0.15, 0.2) is 0 Å². The largest absolute Gasteiger partial charge is 0.198 e. The number of nitrogens with zero attached hydrogens (tertiary/aromatic N) is 1. The van der Waals surface area contributed by atoms with Crippen LogP contribution in [0, 0.1) is 18.3 Å². The molecule has 3 aromatic rings. The molecule has 0 saturated carbocycles. The Bertz CT molecular complexity index is 794. The minimum atomic E-state index is 0.573. The van der Waals surface area contributed by atoms with Crippen molar-refractivity contribution in [2.75, 3.05) is 0 Å². The Morgan fingerprint density at radius 2 is 1.37 bits per heavy atom. The molecule has 0 spiro atoms. The van der Waals surface area contributed by atoms with Gasteiger partial charge in [-0.1, -0.05) is 48.5 Å². The van der Waals surface area contributed by atoms with Crippen molar-refractivity contribution < 1.29 is 0 Å². The van der Waals surface area contributed by atoms with Gasteiger partial charge in [0.25, 0.3) is 0 Å². The highest BCUT2D eigenvalue weighted by molar-refractivity contribution is 6.10. The van der Waals surface area contributed by atoms with E-state index in [1.54, 1.807) is 0 Å². The van der Waals surface area contributed by atoms with E-state index in [1.165, 1.54) is 32.7 Å². The minimum Gasteiger partial charge on any atom is -0.198 e. The second kappa shape index (κ2) is 4.74. The molecule has 0 aliphatic rings. The van der Waals surface area contributed by atoms with Gasteiger partial charge in [-0.2, -0.15) is 5.26 Å². The van der Waals surface area contributed by atoms with Crippen LogP contribution >= 0.6 is 0 Å². The Hall–Kier alpha value is -2.33. The summed E-state index contributed by atoms with van der Waals surface area (Å²) in [5.41, 5.74) is 2.63. The zero-order chi connectivity index (χ0) is 13.2. The van der Waals surface area contributed by atoms with Gasteiger partial charge in [0, 0.05) is 6.42 Å². The number of nitriles is 1. The average Bonchev–Trinajstić information content (AvgIpc) is 2.47. The summed E-state index contributed by atoms with van der Waals surface area (Å²) in [4.78, 5) is 0. The zero-order valence-electron chi connectivity index (χ0n) is 11.0. The predicted octanol–water partition coefficient (Wildman–Crippen LogP) is 4.76. The number of fused-ring (bicyclic) bond motifs is 3. The number of rotatable bonds is 2. The molecule has 19 heavy (non-hydrogen) atoms. The Kier molecular flexibility index (Phi) is 2.93. The van der Waals surface area contributed by atoms with Crippen LogP contribution in [0.25, 0.3) is 21.5 Å². The van der Waals surface area contributed by atoms with Crippen molar-refractivity contribution in [3.8, 4) is 6.07 Å². The summed E-state index contributed by atoms with van der Waals surface area (Å²) in [5.74, 6) is 0. The lowest BCUT2D eigenvalue weighted by Gasteiger charge is -2.13. The van der Waals surface area contributed by atoms with Crippen molar-refractivity contribution in [3.63, 3.8) is 0 Å². The third kappa shape index (κ3) is 1.86. The highest BCUT2D eigenvalue weighted by Crippen LogP contribution is 2.32. The van der Waals surface area contributed by atoms with E-state index in [0.29, 0.717) is 6.42 Å². The van der Waals surface area contributed by atoms with Crippen LogP contribution in [-0.2, 0) is 6.42 Å². The van der Waals surface area contributed by atoms with Crippen molar-refractivity contribution in [1.29, 1.82) is 5.26 Å². The molecule has 92 valence electrons. The summed E-state index contributed by atoms with van der Waals surface area (Å²) in [7, 11) is 0. The molecule has 0 aliphatic carbocycles. The molecule has 0 aromatic heterocycles. The summed E-state index contributed by atoms with van der Waals surface area (Å²) in [6.45, 7) is 2.17. The maximum atomic E-state index is 8.85. The van der Waals surface area contributed by atoms with E-state index in [2.05, 4.69) is 61.5 Å². The van der Waals surface area contributed by atoms with Gasteiger partial charge in [-0.15, -0.1) is 0 Å². The molecule has 0 radical (unpaired) electrons. The van der Waals surface area contributed by atoms with Gasteiger partial charge < -0.3 is 0 Å². The van der Waals surface area contributed by atoms with Crippen LogP contribution in [-0.4, -0.2) is 0 Å². The first kappa shape index (κ1) is 11.7. The lowest BCUT2D eigenvalue weighted by atomic mass is 9.90. The lowest BCUT2D eigenvalue weighted by Crippen LogP contribution is -1.94. The fourth-order valence-electron chi connectivity index (χ4n) is 2.89. The van der Waals surface area contributed by atoms with Crippen molar-refractivity contribution in [3.05, 3.63) is 59.7 Å². The SMILES string of the molecule is Cc1c(CCC#N)c2ccccc2c2ccccc12. The van der Waals surface area contributed by atoms with Crippen LogP contribution in [0.15, 0.2) is 48.5 Å². The van der Waals surface area contributed by atoms with Crippen LogP contribution in [0.5, 0.6) is 0 Å². The first-order chi connectivity index (χ1) is 9.33. The van der Waals surface area contributed by atoms with Gasteiger partial charge in [-0.25, -0.2) is 0 Å². The zero-order valence-corrected chi connectivity index (χ0v) is 11.0. The van der Waals surface area contributed by atoms with Gasteiger partial charge >= 0.3 is 0 Å². The topological polar surface area (TPSA) is 23.8 Å². The van der Waals surface area contributed by atoms with E-state index in [0.717, 1.165) is 6.42 Å². The first-order valence-electron chi connectivity index (χ1n) is 6.59. The van der Waals surface area contributed by atoms with Crippen molar-refractivity contribution >= 4 is 21.5 Å². The lowest BCUT2D eigenvalue weighted by molar-refractivity contribution is 1.01. The van der Waals surface area contributed by atoms with E-state index >= 15 is 0 Å². The number of hydrogen-bond donors (Lipinski definition) is 0. The van der Waals surface area contributed by atoms with Crippen molar-refractivity contribution in [2.45, 2.75) is 19.8 Å². The minimum absolute atomic E-state index is 0.573. The van der Waals surface area contributed by atoms with Crippen LogP contribution < -0.4 is 0 Å². The molecule has 0 aliphatic heterocycles. The molecule has 0 N–H and O–H groups in total. The Morgan fingerprint density at radius 3 is 2.00 bits per heavy atom. The normalized spacial score (nSPS) is 10.7. The molecule has 3 aromatic carbocycles. The van der Waals surface area contributed by atoms with E-state index in [9.17, 15) is 0 Å². The number of hydrogen-bond acceptors (Lipinski definition) is 1. The molecule has 0 atom stereocenters. The Balaban J connectivity index is 2.44. The quantitative estimate of drug-likeness (QED) is 0.597. The number of benzene rings is 3. The second-order valence-electron chi connectivity index (χ2n) is 4.85. The summed E-state index contributed by atoms with van der Waals surface area (Å²) >= 11 is 0. The van der Waals surface area contributed by atoms with E-state index in [-0.39, 0.29) is 0 Å². The van der Waals surface area contributed by atoms with Crippen molar-refractivity contribution in [2.24, 2.45) is 0 Å². The smallest absolute Gasteiger partial charge is 0.0625 e. The van der Waals surface area contributed by atoms with E-state index in [1.807, 2.05) is 0 Å². The van der Waals surface area contributed by atoms with Crippen LogP contribution in [0.4, 0.5) is 0 Å². The van der Waals surface area contributed by atoms with E-state index < -0.39 is 0 Å². The standard InChI is InChI=1S/C18H15N/c1-13-14-7-2-3-8-16(14)18-10-5-4-9-17(18)15(13)11-6-12-19/h2-5,7-10H,6,11H2,1H3. The second-order valence-corrected chi connectivity index (χ2v) is 4.85. The molecule has 0 amide bonds. The number of aryl methyl sites for hydroxylation is 2. The van der Waals surface area contributed by atoms with Crippen LogP contribution in [0.1, 0.15) is 17.5 Å². The maximum Gasteiger partial charge on any atom is 0.0625 e. The third-order valence-corrected chi connectivity index (χ3v) is 3.81. The monoisotopic (exact) mass is 245 g/mol. The molecular formula is C18H15N. The average molecular weight is 245 g/mol. The summed E-state index contributed by atoms with van der Waals surface area (Å²) in [6.07, 6.45) is 1.40. The highest BCUT2D eigenvalue weighted by atomic mass is 14.2. The maximum absolute atomic E-state index is 8.85. The van der Waals surface area contributed by atoms with Gasteiger partial charge in [0.05, 0.1) is 6.07 Å². The molecule has 3 rings (SSSR count). The summed E-state index contributed by atoms with van der Waals surface area (Å²) < 4.78 is 0. The Morgan fingerprint density at radius 1 is 0.842 bits per heavy atom. The van der Waals surface area contributed by atoms with Gasteiger partial charge in [-0.05, 0) is 46.0 Å². The molecule has 0 fully saturated rings. The third-order valence-electron chi connectivity index (χ3n) is 3.81. The van der Waals surface area contributed by atoms with Crippen molar-refractivity contribution in [1.82, 2.24) is 0 Å². The van der Waals surface area contributed by atoms with Crippen LogP contribution in [0.2, 0.25) is 0 Å². The highest BCUT2D eigenvalue weighted by Gasteiger charge is 2.10. The predicted molar refractivity (Wildman–Crippen MR) is 80.1 cm³/mol. The molecule has 0 bridgehead atoms. The fraction of sp³-hybridized carbons (Fsp3) is 0.167. The van der Waals surface area contributed by atoms with Gasteiger partial charge in [0.2, 0.25) is 0 Å². The summed E-state index contributed by atoms with van der Waals surface area (Å²) in [5, 5.41) is 14.0. The molecule has 0 heterocycles. The molecule has 1 nitrogen and oxygen atoms in total. The van der Waals surface area contributed by atoms with Crippen LogP contribution in [0.3, 0.4) is 0 Å². The van der Waals surface area contributed by atoms with E-state index in [4.69, 9.17) is 5.26 Å². The first-order valence-corrected chi connectivity index (χ1v) is 6.59. The molecular weight excluding hydrogens is 230 g/mol. The molecule has 0 unspecified atom stereocenters. The van der Waals surface area contributed by atoms with Gasteiger partial charge in [-0.3, -0.25) is 0 Å². The Labute approximate surface area is 113 Å². The van der Waals surface area contributed by atoms with Gasteiger partial charge in [0.1, 0.15) is 0 Å².